The number of anilines is 6. The zero-order chi connectivity index (χ0) is 49.7. The van der Waals surface area contributed by atoms with Crippen molar-refractivity contribution in [3.63, 3.8) is 0 Å². The molecule has 3 nitrogen and oxygen atoms in total. The van der Waals surface area contributed by atoms with Crippen molar-refractivity contribution in [3.8, 4) is 33.4 Å². The second-order valence-corrected chi connectivity index (χ2v) is 22.1. The van der Waals surface area contributed by atoms with Gasteiger partial charge in [-0.25, -0.2) is 0 Å². The molecule has 0 fully saturated rings. The second kappa shape index (κ2) is 19.6. The van der Waals surface area contributed by atoms with E-state index in [2.05, 4.69) is 276 Å². The van der Waals surface area contributed by atoms with E-state index in [1.54, 1.807) is 0 Å². The lowest BCUT2D eigenvalue weighted by molar-refractivity contribution is 0.767. The first-order valence-electron chi connectivity index (χ1n) is 26.2. The molecule has 0 saturated carbocycles. The molecule has 0 bridgehead atoms. The third kappa shape index (κ3) is 8.66. The van der Waals surface area contributed by atoms with Gasteiger partial charge in [0, 0.05) is 36.7 Å². The van der Waals surface area contributed by atoms with Gasteiger partial charge >= 0.3 is 0 Å². The van der Waals surface area contributed by atoms with Gasteiger partial charge in [-0.15, -0.1) is 0 Å². The monoisotopic (exact) mass is 999 g/mol. The van der Waals surface area contributed by atoms with Crippen molar-refractivity contribution in [2.24, 2.45) is 0 Å². The molecule has 0 spiro atoms. The van der Waals surface area contributed by atoms with Crippen LogP contribution >= 0.6 is 23.5 Å². The van der Waals surface area contributed by atoms with Crippen molar-refractivity contribution in [3.05, 3.63) is 282 Å². The molecule has 75 heavy (non-hydrogen) atoms. The topological polar surface area (TPSA) is 9.72 Å². The summed E-state index contributed by atoms with van der Waals surface area (Å²) in [5, 5.41) is 0. The van der Waals surface area contributed by atoms with Crippen LogP contribution in [-0.2, 0) is 6.42 Å². The van der Waals surface area contributed by atoms with Crippen LogP contribution in [-0.4, -0.2) is 12.1 Å². The van der Waals surface area contributed by atoms with E-state index < -0.39 is 0 Å². The molecule has 5 aliphatic rings. The molecule has 0 N–H and O–H groups in total. The van der Waals surface area contributed by atoms with Crippen molar-refractivity contribution in [1.29, 1.82) is 0 Å². The first kappa shape index (κ1) is 45.4. The highest BCUT2D eigenvalue weighted by molar-refractivity contribution is 8.03. The lowest BCUT2D eigenvalue weighted by Gasteiger charge is -2.38. The maximum Gasteiger partial charge on any atom is 0.0601 e. The lowest BCUT2D eigenvalue weighted by atomic mass is 9.92. The Hall–Kier alpha value is -8.22. The molecule has 2 heterocycles. The molecule has 0 saturated heterocycles. The van der Waals surface area contributed by atoms with Gasteiger partial charge < -0.3 is 14.7 Å². The molecule has 2 atom stereocenters. The van der Waals surface area contributed by atoms with E-state index in [9.17, 15) is 0 Å². The molecule has 0 aromatic heterocycles. The summed E-state index contributed by atoms with van der Waals surface area (Å²) in [5.41, 5.74) is 21.1. The van der Waals surface area contributed by atoms with E-state index in [0.717, 1.165) is 25.7 Å². The minimum atomic E-state index is 0.165. The van der Waals surface area contributed by atoms with Gasteiger partial charge in [-0.05, 0) is 160 Å². The Morgan fingerprint density at radius 2 is 0.947 bits per heavy atom. The third-order valence-corrected chi connectivity index (χ3v) is 17.7. The van der Waals surface area contributed by atoms with Crippen molar-refractivity contribution in [1.82, 2.24) is 0 Å². The number of thioether (sulfide) groups is 1. The minimum absolute atomic E-state index is 0.165. The number of fused-ring (bicyclic) bond motifs is 4. The summed E-state index contributed by atoms with van der Waals surface area (Å²) in [5.74, 6) is 0. The molecule has 9 aromatic rings. The summed E-state index contributed by atoms with van der Waals surface area (Å²) < 4.78 is 0. The highest BCUT2D eigenvalue weighted by Gasteiger charge is 2.30. The van der Waals surface area contributed by atoms with E-state index in [1.165, 1.54) is 115 Å². The Kier molecular flexibility index (Phi) is 11.8. The first-order valence-corrected chi connectivity index (χ1v) is 27.9. The summed E-state index contributed by atoms with van der Waals surface area (Å²) in [6, 6.07) is 81.1. The summed E-state index contributed by atoms with van der Waals surface area (Å²) >= 11 is 3.79. The zero-order valence-corrected chi connectivity index (χ0v) is 43.1. The van der Waals surface area contributed by atoms with Crippen LogP contribution in [0.15, 0.2) is 280 Å². The van der Waals surface area contributed by atoms with Crippen molar-refractivity contribution in [2.45, 2.75) is 52.5 Å². The molecule has 5 heteroatoms. The lowest BCUT2D eigenvalue weighted by Crippen LogP contribution is -2.32. The van der Waals surface area contributed by atoms with Gasteiger partial charge in [-0.1, -0.05) is 206 Å². The number of rotatable bonds is 9. The average molecular weight is 1000 g/mol. The maximum atomic E-state index is 2.52. The van der Waals surface area contributed by atoms with Crippen molar-refractivity contribution < 1.29 is 0 Å². The summed E-state index contributed by atoms with van der Waals surface area (Å²) in [6.45, 7) is 0. The van der Waals surface area contributed by atoms with E-state index in [-0.39, 0.29) is 12.1 Å². The SMILES string of the molecule is C1=CC2=C(CC1)Sc1ccccc1N2c1ccc(-c2ccc(-c3ccc(N(c4ccc(-c5ccc(C6=CCC(N7c8ccccc8Sc8ccccc87)C=C6)cc5)cc4)C4C=Cc5ccccc5C4)cc3)cc2)cc1. The quantitative estimate of drug-likeness (QED) is 0.142. The van der Waals surface area contributed by atoms with E-state index in [1.807, 2.05) is 23.5 Å². The summed E-state index contributed by atoms with van der Waals surface area (Å²) in [6.07, 6.45) is 20.5. The molecule has 2 aliphatic heterocycles. The Bertz CT molecular complexity index is 3730. The van der Waals surface area contributed by atoms with Crippen LogP contribution in [0.3, 0.4) is 0 Å². The van der Waals surface area contributed by atoms with Gasteiger partial charge in [0.2, 0.25) is 0 Å². The van der Waals surface area contributed by atoms with Crippen LogP contribution in [0.2, 0.25) is 0 Å². The number of hydrogen-bond donors (Lipinski definition) is 0. The largest absolute Gasteiger partial charge is 0.334 e. The maximum absolute atomic E-state index is 2.52. The molecule has 0 radical (unpaired) electrons. The van der Waals surface area contributed by atoms with E-state index in [0.29, 0.717) is 0 Å². The molecule has 0 amide bonds. The molecule has 360 valence electrons. The minimum Gasteiger partial charge on any atom is -0.334 e. The van der Waals surface area contributed by atoms with Crippen LogP contribution < -0.4 is 14.7 Å². The van der Waals surface area contributed by atoms with Crippen LogP contribution in [0.1, 0.15) is 36.0 Å². The van der Waals surface area contributed by atoms with Crippen LogP contribution in [0, 0.1) is 0 Å². The Balaban J connectivity index is 0.685. The molecule has 3 aliphatic carbocycles. The van der Waals surface area contributed by atoms with Crippen molar-refractivity contribution >= 4 is 69.3 Å². The smallest absolute Gasteiger partial charge is 0.0601 e. The zero-order valence-electron chi connectivity index (χ0n) is 41.5. The van der Waals surface area contributed by atoms with Crippen molar-refractivity contribution in [2.75, 3.05) is 14.7 Å². The molecular formula is C70H53N3S2. The molecule has 14 rings (SSSR count). The van der Waals surface area contributed by atoms with E-state index >= 15 is 0 Å². The van der Waals surface area contributed by atoms with Gasteiger partial charge in [-0.2, -0.15) is 0 Å². The van der Waals surface area contributed by atoms with Gasteiger partial charge in [0.1, 0.15) is 0 Å². The fourth-order valence-electron chi connectivity index (χ4n) is 11.5. The molecule has 9 aromatic carbocycles. The van der Waals surface area contributed by atoms with Gasteiger partial charge in [0.05, 0.1) is 34.8 Å². The summed E-state index contributed by atoms with van der Waals surface area (Å²) in [7, 11) is 0. The van der Waals surface area contributed by atoms with Gasteiger partial charge in [0.25, 0.3) is 0 Å². The third-order valence-electron chi connectivity index (χ3n) is 15.4. The highest BCUT2D eigenvalue weighted by Crippen LogP contribution is 2.51. The number of hydrogen-bond acceptors (Lipinski definition) is 5. The van der Waals surface area contributed by atoms with Crippen LogP contribution in [0.25, 0.3) is 45.0 Å². The predicted octanol–water partition coefficient (Wildman–Crippen LogP) is 19.3. The highest BCUT2D eigenvalue weighted by atomic mass is 32.2. The summed E-state index contributed by atoms with van der Waals surface area (Å²) in [4.78, 5) is 12.9. The van der Waals surface area contributed by atoms with Crippen LogP contribution in [0.5, 0.6) is 0 Å². The Morgan fingerprint density at radius 3 is 1.53 bits per heavy atom. The standard InChI is InChI=1S/C70H53N3S2/c1-2-12-57-47-62(46-37-48(57)11-1)71(58-38-29-53(30-39-58)49-21-25-51(26-22-49)55-33-42-60(43-34-55)72-63-13-3-7-17-67(63)74-68-18-8-4-14-64(68)72)59-40-31-54(32-41-59)50-23-27-52(28-24-50)56-35-44-61(45-36-56)73-65-15-5-9-19-69(65)75-70-20-10-6-16-66(70)73/h1-9,11-19,21-42,44-46,60,62H,10,20,43,47H2. The molecular weight excluding hydrogens is 947 g/mol. The fraction of sp³-hybridized carbons (Fsp3) is 0.0857. The normalized spacial score (nSPS) is 17.1. The predicted molar refractivity (Wildman–Crippen MR) is 319 cm³/mol. The number of benzene rings is 9. The first-order chi connectivity index (χ1) is 37.1. The Labute approximate surface area is 449 Å². The van der Waals surface area contributed by atoms with E-state index in [4.69, 9.17) is 0 Å². The number of para-hydroxylation sites is 3. The molecule has 2 unspecified atom stereocenters. The van der Waals surface area contributed by atoms with Crippen LogP contribution in [0.4, 0.5) is 34.1 Å². The Morgan fingerprint density at radius 1 is 0.440 bits per heavy atom. The fourth-order valence-corrected chi connectivity index (χ4v) is 13.8. The second-order valence-electron chi connectivity index (χ2n) is 19.9. The average Bonchev–Trinajstić information content (AvgIpc) is 3.49. The number of allylic oxidation sites excluding steroid dienone is 5. The van der Waals surface area contributed by atoms with Gasteiger partial charge in [0.15, 0.2) is 0 Å². The van der Waals surface area contributed by atoms with Gasteiger partial charge in [-0.3, -0.25) is 0 Å². The number of nitrogens with zero attached hydrogens (tertiary/aromatic N) is 3.